The molecule has 6 nitrogen and oxygen atoms in total. The average Bonchev–Trinajstić information content (AvgIpc) is 3.27. The summed E-state index contributed by atoms with van der Waals surface area (Å²) in [4.78, 5) is 27.1. The Labute approximate surface area is 203 Å². The molecule has 182 valence electrons. The lowest BCUT2D eigenvalue weighted by Gasteiger charge is -2.22. The lowest BCUT2D eigenvalue weighted by molar-refractivity contribution is -0.131. The Balaban J connectivity index is 1.76. The minimum atomic E-state index is -0.133. The molecule has 1 heterocycles. The lowest BCUT2D eigenvalue weighted by atomic mass is 10.1. The zero-order valence-corrected chi connectivity index (χ0v) is 21.4. The van der Waals surface area contributed by atoms with Crippen molar-refractivity contribution in [2.75, 3.05) is 18.4 Å². The summed E-state index contributed by atoms with van der Waals surface area (Å²) < 4.78 is 0. The number of nitrogens with zero attached hydrogens (tertiary/aromatic N) is 3. The molecule has 2 amide bonds. The van der Waals surface area contributed by atoms with Crippen molar-refractivity contribution in [1.82, 2.24) is 15.1 Å². The Morgan fingerprint density at radius 1 is 0.848 bits per heavy atom. The normalized spacial score (nSPS) is 10.9. The van der Waals surface area contributed by atoms with Crippen LogP contribution >= 0.6 is 11.3 Å². The van der Waals surface area contributed by atoms with Gasteiger partial charge in [-0.3, -0.25) is 9.59 Å². The van der Waals surface area contributed by atoms with Crippen molar-refractivity contribution < 1.29 is 9.59 Å². The second-order valence-corrected chi connectivity index (χ2v) is 9.66. The van der Waals surface area contributed by atoms with E-state index in [1.165, 1.54) is 49.0 Å². The maximum Gasteiger partial charge on any atom is 0.227 e. The Kier molecular flexibility index (Phi) is 12.7. The average molecular weight is 473 g/mol. The highest BCUT2D eigenvalue weighted by atomic mass is 32.1. The Morgan fingerprint density at radius 3 is 2.21 bits per heavy atom. The molecule has 0 aliphatic heterocycles. The van der Waals surface area contributed by atoms with Crippen LogP contribution in [-0.2, 0) is 9.59 Å². The molecule has 2 aromatic rings. The van der Waals surface area contributed by atoms with E-state index in [4.69, 9.17) is 0 Å². The summed E-state index contributed by atoms with van der Waals surface area (Å²) in [6.45, 7) is 7.55. The van der Waals surface area contributed by atoms with Gasteiger partial charge in [0.1, 0.15) is 5.01 Å². The van der Waals surface area contributed by atoms with E-state index in [2.05, 4.69) is 29.4 Å². The molecule has 0 saturated carbocycles. The molecule has 1 aromatic heterocycles. The van der Waals surface area contributed by atoms with E-state index in [9.17, 15) is 9.59 Å². The molecular weight excluding hydrogens is 432 g/mol. The van der Waals surface area contributed by atoms with Gasteiger partial charge in [0.2, 0.25) is 16.9 Å². The van der Waals surface area contributed by atoms with E-state index >= 15 is 0 Å². The number of amides is 2. The molecule has 0 aliphatic carbocycles. The van der Waals surface area contributed by atoms with Crippen LogP contribution < -0.4 is 5.32 Å². The van der Waals surface area contributed by atoms with E-state index in [0.717, 1.165) is 42.8 Å². The van der Waals surface area contributed by atoms with Gasteiger partial charge in [0.25, 0.3) is 0 Å². The number of aryl methyl sites for hydroxylation is 1. The van der Waals surface area contributed by atoms with Crippen molar-refractivity contribution in [1.29, 1.82) is 0 Å². The summed E-state index contributed by atoms with van der Waals surface area (Å²) in [5.41, 5.74) is 2.17. The van der Waals surface area contributed by atoms with E-state index in [-0.39, 0.29) is 18.2 Å². The fraction of sp³-hybridized carbons (Fsp3) is 0.615. The van der Waals surface area contributed by atoms with Gasteiger partial charge in [-0.15, -0.1) is 10.2 Å². The molecule has 1 N–H and O–H groups in total. The number of carbonyl (C=O) groups excluding carboxylic acids is 2. The first-order valence-corrected chi connectivity index (χ1v) is 13.3. The van der Waals surface area contributed by atoms with Crippen LogP contribution in [0.2, 0.25) is 0 Å². The fourth-order valence-electron chi connectivity index (χ4n) is 3.61. The number of hydrogen-bond donors (Lipinski definition) is 1. The van der Waals surface area contributed by atoms with Gasteiger partial charge in [-0.2, -0.15) is 0 Å². The molecule has 7 heteroatoms. The van der Waals surface area contributed by atoms with Crippen LogP contribution in [0.25, 0.3) is 10.6 Å². The van der Waals surface area contributed by atoms with Crippen molar-refractivity contribution >= 4 is 28.3 Å². The summed E-state index contributed by atoms with van der Waals surface area (Å²) >= 11 is 1.36. The van der Waals surface area contributed by atoms with Crippen molar-refractivity contribution in [2.45, 2.75) is 91.4 Å². The Hall–Kier alpha value is -2.28. The molecule has 2 rings (SSSR count). The first-order valence-electron chi connectivity index (χ1n) is 12.5. The topological polar surface area (TPSA) is 75.2 Å². The predicted octanol–water partition coefficient (Wildman–Crippen LogP) is 6.61. The molecule has 0 unspecified atom stereocenters. The highest BCUT2D eigenvalue weighted by Crippen LogP contribution is 2.26. The van der Waals surface area contributed by atoms with Gasteiger partial charge in [0, 0.05) is 31.5 Å². The molecule has 33 heavy (non-hydrogen) atoms. The predicted molar refractivity (Wildman–Crippen MR) is 137 cm³/mol. The van der Waals surface area contributed by atoms with Gasteiger partial charge >= 0.3 is 0 Å². The van der Waals surface area contributed by atoms with E-state index in [1.54, 1.807) is 0 Å². The van der Waals surface area contributed by atoms with Crippen LogP contribution in [-0.4, -0.2) is 40.0 Å². The van der Waals surface area contributed by atoms with Crippen LogP contribution in [0.5, 0.6) is 0 Å². The van der Waals surface area contributed by atoms with E-state index in [1.807, 2.05) is 36.1 Å². The van der Waals surface area contributed by atoms with Crippen LogP contribution in [0.3, 0.4) is 0 Å². The van der Waals surface area contributed by atoms with Gasteiger partial charge < -0.3 is 10.2 Å². The molecular formula is C26H40N4O2S. The zero-order chi connectivity index (χ0) is 23.9. The first kappa shape index (κ1) is 27.0. The van der Waals surface area contributed by atoms with Crippen LogP contribution in [0.15, 0.2) is 24.3 Å². The van der Waals surface area contributed by atoms with Crippen molar-refractivity contribution in [3.8, 4) is 10.6 Å². The molecule has 0 bridgehead atoms. The van der Waals surface area contributed by atoms with Gasteiger partial charge in [-0.05, 0) is 19.8 Å². The van der Waals surface area contributed by atoms with E-state index in [0.29, 0.717) is 18.1 Å². The molecule has 0 spiro atoms. The van der Waals surface area contributed by atoms with Gasteiger partial charge in [0.05, 0.1) is 0 Å². The standard InChI is InChI=1S/C26H40N4O2S/c1-4-6-8-9-10-11-12-13-24(32)30(19-7-5-2)20-18-23(31)27-26-29-28-25(33-26)22-16-14-21(3)15-17-22/h14-17H,4-13,18-20H2,1-3H3,(H,27,29,31). The van der Waals surface area contributed by atoms with Crippen molar-refractivity contribution in [3.63, 3.8) is 0 Å². The third kappa shape index (κ3) is 10.5. The third-order valence-corrected chi connectivity index (χ3v) is 6.59. The molecule has 0 saturated heterocycles. The fourth-order valence-corrected chi connectivity index (χ4v) is 4.37. The number of unbranched alkanes of at least 4 members (excludes halogenated alkanes) is 7. The monoisotopic (exact) mass is 472 g/mol. The smallest absolute Gasteiger partial charge is 0.227 e. The van der Waals surface area contributed by atoms with Crippen molar-refractivity contribution in [3.05, 3.63) is 29.8 Å². The van der Waals surface area contributed by atoms with Gasteiger partial charge in [0.15, 0.2) is 0 Å². The lowest BCUT2D eigenvalue weighted by Crippen LogP contribution is -2.34. The highest BCUT2D eigenvalue weighted by molar-refractivity contribution is 7.18. The summed E-state index contributed by atoms with van der Waals surface area (Å²) in [5, 5.41) is 12.4. The maximum atomic E-state index is 12.7. The third-order valence-electron chi connectivity index (χ3n) is 5.71. The summed E-state index contributed by atoms with van der Waals surface area (Å²) in [6.07, 6.45) is 11.2. The Morgan fingerprint density at radius 2 is 1.52 bits per heavy atom. The van der Waals surface area contributed by atoms with Crippen molar-refractivity contribution in [2.24, 2.45) is 0 Å². The van der Waals surface area contributed by atoms with E-state index < -0.39 is 0 Å². The summed E-state index contributed by atoms with van der Waals surface area (Å²) in [7, 11) is 0. The largest absolute Gasteiger partial charge is 0.342 e. The maximum absolute atomic E-state index is 12.7. The number of anilines is 1. The van der Waals surface area contributed by atoms with Crippen LogP contribution in [0.1, 0.15) is 90.0 Å². The molecule has 0 radical (unpaired) electrons. The minimum absolute atomic E-state index is 0.133. The molecule has 0 fully saturated rings. The Bertz CT molecular complexity index is 835. The number of carbonyl (C=O) groups is 2. The first-order chi connectivity index (χ1) is 16.0. The minimum Gasteiger partial charge on any atom is -0.342 e. The quantitative estimate of drug-likeness (QED) is 0.279. The number of aromatic nitrogens is 2. The number of nitrogens with one attached hydrogen (secondary N) is 1. The second-order valence-electron chi connectivity index (χ2n) is 8.68. The second kappa shape index (κ2) is 15.5. The van der Waals surface area contributed by atoms with Crippen LogP contribution in [0.4, 0.5) is 5.13 Å². The number of benzene rings is 1. The summed E-state index contributed by atoms with van der Waals surface area (Å²) in [6, 6.07) is 8.07. The SMILES string of the molecule is CCCCCCCCCC(=O)N(CCCC)CCC(=O)Nc1nnc(-c2ccc(C)cc2)s1. The highest BCUT2D eigenvalue weighted by Gasteiger charge is 2.16. The van der Waals surface area contributed by atoms with Gasteiger partial charge in [-0.25, -0.2) is 0 Å². The number of rotatable bonds is 16. The zero-order valence-electron chi connectivity index (χ0n) is 20.6. The molecule has 1 aromatic carbocycles. The van der Waals surface area contributed by atoms with Gasteiger partial charge in [-0.1, -0.05) is 100.0 Å². The molecule has 0 aliphatic rings. The number of hydrogen-bond acceptors (Lipinski definition) is 5. The van der Waals surface area contributed by atoms with Crippen LogP contribution in [0, 0.1) is 6.92 Å². The summed E-state index contributed by atoms with van der Waals surface area (Å²) in [5.74, 6) is 0.0363. The molecule has 0 atom stereocenters.